The lowest BCUT2D eigenvalue weighted by atomic mass is 10.1. The van der Waals surface area contributed by atoms with Crippen LogP contribution in [0.1, 0.15) is 56.5 Å². The highest BCUT2D eigenvalue weighted by molar-refractivity contribution is 7.98. The van der Waals surface area contributed by atoms with Crippen LogP contribution in [0.15, 0.2) is 57.4 Å². The zero-order chi connectivity index (χ0) is 29.2. The summed E-state index contributed by atoms with van der Waals surface area (Å²) in [5.74, 6) is -1.08. The molecule has 0 spiro atoms. The molecule has 2 fully saturated rings. The molecule has 1 N–H and O–H groups in total. The lowest BCUT2D eigenvalue weighted by molar-refractivity contribution is -0.173. The van der Waals surface area contributed by atoms with Crippen molar-refractivity contribution in [2.24, 2.45) is 9.98 Å². The number of nitrogens with one attached hydrogen (secondary N) is 1. The Morgan fingerprint density at radius 3 is 2.55 bits per heavy atom. The summed E-state index contributed by atoms with van der Waals surface area (Å²) >= 11 is 1.52. The molecule has 212 valence electrons. The smallest absolute Gasteiger partial charge is 0.409 e. The second kappa shape index (κ2) is 11.8. The summed E-state index contributed by atoms with van der Waals surface area (Å²) < 4.78 is 47.8. The molecule has 2 aromatic heterocycles. The molecule has 40 heavy (non-hydrogen) atoms. The van der Waals surface area contributed by atoms with Gasteiger partial charge in [0.1, 0.15) is 12.4 Å². The van der Waals surface area contributed by atoms with E-state index in [4.69, 9.17) is 4.74 Å². The van der Waals surface area contributed by atoms with Crippen LogP contribution in [0, 0.1) is 0 Å². The fourth-order valence-electron chi connectivity index (χ4n) is 4.07. The van der Waals surface area contributed by atoms with E-state index in [1.807, 2.05) is 12.3 Å². The summed E-state index contributed by atoms with van der Waals surface area (Å²) in [5, 5.41) is 2.92. The summed E-state index contributed by atoms with van der Waals surface area (Å²) in [4.78, 5) is 36.8. The molecule has 0 radical (unpaired) electrons. The van der Waals surface area contributed by atoms with Gasteiger partial charge < -0.3 is 10.1 Å². The van der Waals surface area contributed by atoms with Gasteiger partial charge in [-0.2, -0.15) is 13.2 Å². The average molecular weight is 574 g/mol. The number of amides is 1. The molecule has 1 amide bonds. The maximum Gasteiger partial charge on any atom is 0.409 e. The number of alkyl halides is 3. The summed E-state index contributed by atoms with van der Waals surface area (Å²) in [6, 6.07) is 1.41. The van der Waals surface area contributed by atoms with Crippen LogP contribution < -0.4 is 10.1 Å². The van der Waals surface area contributed by atoms with E-state index in [1.165, 1.54) is 25.2 Å². The van der Waals surface area contributed by atoms with Crippen molar-refractivity contribution in [3.8, 4) is 5.88 Å². The number of aliphatic imine (C=N–C) groups is 2. The van der Waals surface area contributed by atoms with E-state index in [1.54, 1.807) is 26.1 Å². The minimum Gasteiger partial charge on any atom is -0.480 e. The van der Waals surface area contributed by atoms with Gasteiger partial charge in [0.05, 0.1) is 42.0 Å². The van der Waals surface area contributed by atoms with Crippen molar-refractivity contribution in [2.75, 3.05) is 13.4 Å². The minimum atomic E-state index is -4.74. The number of hydrogen-bond donors (Lipinski definition) is 1. The van der Waals surface area contributed by atoms with E-state index < -0.39 is 18.1 Å². The number of nitrogens with zero attached hydrogens (tertiary/aromatic N) is 6. The largest absolute Gasteiger partial charge is 0.480 e. The molecule has 1 saturated heterocycles. The molecular formula is C27H30F3N7O2S. The molecule has 1 atom stereocenters. The molecule has 1 aliphatic heterocycles. The van der Waals surface area contributed by atoms with Crippen molar-refractivity contribution in [2.45, 2.75) is 63.2 Å². The highest BCUT2D eigenvalue weighted by Crippen LogP contribution is 2.44. The number of carbonyl (C=O) groups excluding carboxylic acids is 1. The van der Waals surface area contributed by atoms with Crippen molar-refractivity contribution in [3.63, 3.8) is 0 Å². The topological polar surface area (TPSA) is 105 Å². The minimum absolute atomic E-state index is 0.00446. The fourth-order valence-corrected chi connectivity index (χ4v) is 4.44. The number of amidine groups is 2. The maximum absolute atomic E-state index is 14.1. The number of methoxy groups -OCH3 is 1. The molecule has 2 aliphatic rings. The monoisotopic (exact) mass is 573 g/mol. The van der Waals surface area contributed by atoms with Gasteiger partial charge in [0.2, 0.25) is 5.88 Å². The summed E-state index contributed by atoms with van der Waals surface area (Å²) in [6.45, 7) is 8.34. The standard InChI is InChI=1S/C27H30F3N7O2S/c1-14(2)21-24(35-15(3)20-22(17-7-8-17)33-13-34-25(20)39-5)37(16(4)27(28,29)30)26(38)23(36-21)32-11-18-9-10-19(40-6)12-31-18/h9-10,12-13,16-17H,3,7-8,11H2,1-2,4-6H3,(H,32,36). The first-order valence-corrected chi connectivity index (χ1v) is 13.7. The summed E-state index contributed by atoms with van der Waals surface area (Å²) in [7, 11) is 1.43. The van der Waals surface area contributed by atoms with Gasteiger partial charge in [-0.15, -0.1) is 11.8 Å². The first-order valence-electron chi connectivity index (χ1n) is 12.5. The first-order chi connectivity index (χ1) is 19.0. The average Bonchev–Trinajstić information content (AvgIpc) is 3.77. The number of rotatable bonds is 8. The number of hydrogen-bond acceptors (Lipinski definition) is 8. The molecule has 13 heteroatoms. The molecule has 1 unspecified atom stereocenters. The highest BCUT2D eigenvalue weighted by Gasteiger charge is 2.48. The van der Waals surface area contributed by atoms with Gasteiger partial charge in [-0.25, -0.2) is 15.0 Å². The van der Waals surface area contributed by atoms with E-state index in [2.05, 4.69) is 36.8 Å². The molecule has 0 bridgehead atoms. The second-order valence-corrected chi connectivity index (χ2v) is 10.4. The molecule has 1 aliphatic carbocycles. The molecule has 1 saturated carbocycles. The van der Waals surface area contributed by atoms with Crippen molar-refractivity contribution >= 4 is 35.0 Å². The number of thioether (sulfide) groups is 1. The molecule has 9 nitrogen and oxygen atoms in total. The van der Waals surface area contributed by atoms with Crippen LogP contribution in [-0.2, 0) is 11.3 Å². The van der Waals surface area contributed by atoms with Crippen LogP contribution in [0.4, 0.5) is 13.2 Å². The fraction of sp³-hybridized carbons (Fsp3) is 0.407. The Kier molecular flexibility index (Phi) is 8.62. The van der Waals surface area contributed by atoms with Crippen LogP contribution in [0.25, 0.3) is 5.70 Å². The van der Waals surface area contributed by atoms with E-state index in [0.29, 0.717) is 27.4 Å². The van der Waals surface area contributed by atoms with Crippen LogP contribution in [-0.4, -0.2) is 63.0 Å². The molecular weight excluding hydrogens is 543 g/mol. The van der Waals surface area contributed by atoms with Crippen molar-refractivity contribution < 1.29 is 22.7 Å². The van der Waals surface area contributed by atoms with Gasteiger partial charge in [-0.1, -0.05) is 6.58 Å². The van der Waals surface area contributed by atoms with Crippen LogP contribution in [0.5, 0.6) is 5.88 Å². The quantitative estimate of drug-likeness (QED) is 0.437. The van der Waals surface area contributed by atoms with Crippen molar-refractivity contribution in [1.82, 2.24) is 25.2 Å². The van der Waals surface area contributed by atoms with Gasteiger partial charge in [-0.05, 0) is 57.6 Å². The first kappa shape index (κ1) is 29.2. The summed E-state index contributed by atoms with van der Waals surface area (Å²) in [5.41, 5.74) is 2.51. The number of piperazine rings is 1. The highest BCUT2D eigenvalue weighted by atomic mass is 32.2. The Morgan fingerprint density at radius 1 is 1.27 bits per heavy atom. The molecule has 0 aromatic carbocycles. The van der Waals surface area contributed by atoms with Crippen molar-refractivity contribution in [3.05, 3.63) is 59.5 Å². The number of pyridine rings is 1. The zero-order valence-corrected chi connectivity index (χ0v) is 23.7. The molecule has 3 heterocycles. The lowest BCUT2D eigenvalue weighted by Crippen LogP contribution is -2.60. The van der Waals surface area contributed by atoms with E-state index >= 15 is 0 Å². The van der Waals surface area contributed by atoms with Crippen LogP contribution >= 0.6 is 11.8 Å². The Bertz CT molecular complexity index is 1400. The number of halogens is 3. The summed E-state index contributed by atoms with van der Waals surface area (Å²) in [6.07, 6.45) is 2.03. The van der Waals surface area contributed by atoms with E-state index in [-0.39, 0.29) is 41.4 Å². The van der Waals surface area contributed by atoms with Gasteiger partial charge in [0.15, 0.2) is 11.7 Å². The number of aromatic nitrogens is 3. The van der Waals surface area contributed by atoms with Crippen LogP contribution in [0.2, 0.25) is 0 Å². The maximum atomic E-state index is 14.1. The predicted octanol–water partition coefficient (Wildman–Crippen LogP) is 5.12. The van der Waals surface area contributed by atoms with Crippen LogP contribution in [0.3, 0.4) is 0 Å². The van der Waals surface area contributed by atoms with E-state index in [0.717, 1.165) is 24.7 Å². The Hall–Kier alpha value is -3.74. The van der Waals surface area contributed by atoms with Gasteiger partial charge in [0.25, 0.3) is 5.91 Å². The SMILES string of the molecule is C=C(N=C1C(=C(C)C)NC(=NCc2ccc(SC)cn2)C(=O)N1C(C)C(F)(F)F)c1c(OC)ncnc1C1CC1. The lowest BCUT2D eigenvalue weighted by Gasteiger charge is -2.37. The second-order valence-electron chi connectivity index (χ2n) is 9.55. The molecule has 4 rings (SSSR count). The normalized spacial score (nSPS) is 18.6. The number of allylic oxidation sites excluding steroid dienone is 1. The molecule has 2 aromatic rings. The van der Waals surface area contributed by atoms with Gasteiger partial charge >= 0.3 is 6.18 Å². The third-order valence-electron chi connectivity index (χ3n) is 6.44. The Labute approximate surface area is 234 Å². The number of ether oxygens (including phenoxy) is 1. The predicted molar refractivity (Wildman–Crippen MR) is 148 cm³/mol. The third-order valence-corrected chi connectivity index (χ3v) is 7.15. The van der Waals surface area contributed by atoms with Gasteiger partial charge in [-0.3, -0.25) is 19.7 Å². The Morgan fingerprint density at radius 2 is 2.00 bits per heavy atom. The van der Waals surface area contributed by atoms with E-state index in [9.17, 15) is 18.0 Å². The third kappa shape index (κ3) is 6.19. The number of carbonyl (C=O) groups is 1. The van der Waals surface area contributed by atoms with Gasteiger partial charge in [0, 0.05) is 17.0 Å². The van der Waals surface area contributed by atoms with Crippen molar-refractivity contribution in [1.29, 1.82) is 0 Å². The zero-order valence-electron chi connectivity index (χ0n) is 22.8. The Balaban J connectivity index is 1.79.